The highest BCUT2D eigenvalue weighted by atomic mass is 16.2. The Bertz CT molecular complexity index is 1140. The van der Waals surface area contributed by atoms with Gasteiger partial charge in [-0.3, -0.25) is 9.59 Å². The van der Waals surface area contributed by atoms with Crippen LogP contribution in [-0.4, -0.2) is 47.8 Å². The SMILES string of the molecule is O=C(NCCN1CCC(Cc2ccccc2)CC1)[C@@H](c1ccccc1)N1Cc2ccccc2C1=O. The summed E-state index contributed by atoms with van der Waals surface area (Å²) >= 11 is 0. The Morgan fingerprint density at radius 2 is 1.54 bits per heavy atom. The molecule has 5 rings (SSSR count). The maximum atomic E-state index is 13.4. The van der Waals surface area contributed by atoms with Crippen molar-refractivity contribution in [2.75, 3.05) is 26.2 Å². The van der Waals surface area contributed by atoms with E-state index in [0.717, 1.165) is 43.1 Å². The van der Waals surface area contributed by atoms with Gasteiger partial charge in [-0.05, 0) is 61.0 Å². The lowest BCUT2D eigenvalue weighted by atomic mass is 9.90. The molecular weight excluding hydrogens is 434 g/mol. The standard InChI is InChI=1S/C30H33N3O2/c34-29(31-17-20-32-18-15-24(16-19-32)21-23-9-3-1-4-10-23)28(25-11-5-2-6-12-25)33-22-26-13-7-8-14-27(26)30(33)35/h1-14,24,28H,15-22H2,(H,31,34)/t28-/m1/s1. The third-order valence-corrected chi connectivity index (χ3v) is 7.33. The average molecular weight is 468 g/mol. The van der Waals surface area contributed by atoms with Crippen LogP contribution in [0.1, 0.15) is 45.9 Å². The second-order valence-electron chi connectivity index (χ2n) is 9.67. The summed E-state index contributed by atoms with van der Waals surface area (Å²) in [7, 11) is 0. The molecule has 3 aromatic rings. The van der Waals surface area contributed by atoms with Crippen LogP contribution < -0.4 is 5.32 Å². The number of carbonyl (C=O) groups is 2. The Hall–Kier alpha value is -3.44. The maximum Gasteiger partial charge on any atom is 0.255 e. The molecule has 2 aliphatic heterocycles. The van der Waals surface area contributed by atoms with Crippen molar-refractivity contribution >= 4 is 11.8 Å². The summed E-state index contributed by atoms with van der Waals surface area (Å²) in [4.78, 5) is 30.7. The van der Waals surface area contributed by atoms with E-state index in [1.165, 1.54) is 18.4 Å². The molecule has 5 heteroatoms. The molecule has 0 aliphatic carbocycles. The van der Waals surface area contributed by atoms with Gasteiger partial charge in [0.15, 0.2) is 0 Å². The molecule has 0 radical (unpaired) electrons. The van der Waals surface area contributed by atoms with Crippen LogP contribution in [0.25, 0.3) is 0 Å². The van der Waals surface area contributed by atoms with Crippen molar-refractivity contribution < 1.29 is 9.59 Å². The van der Waals surface area contributed by atoms with Gasteiger partial charge in [0.25, 0.3) is 5.91 Å². The fraction of sp³-hybridized carbons (Fsp3) is 0.333. The van der Waals surface area contributed by atoms with E-state index in [-0.39, 0.29) is 11.8 Å². The molecule has 5 nitrogen and oxygen atoms in total. The van der Waals surface area contributed by atoms with Crippen molar-refractivity contribution in [3.05, 3.63) is 107 Å². The Kier molecular flexibility index (Phi) is 7.24. The topological polar surface area (TPSA) is 52.7 Å². The van der Waals surface area contributed by atoms with Crippen molar-refractivity contribution in [2.24, 2.45) is 5.92 Å². The fourth-order valence-corrected chi connectivity index (χ4v) is 5.39. The number of benzene rings is 3. The van der Waals surface area contributed by atoms with Gasteiger partial charge in [-0.2, -0.15) is 0 Å². The van der Waals surface area contributed by atoms with Crippen LogP contribution in [0.3, 0.4) is 0 Å². The molecule has 1 fully saturated rings. The molecule has 1 saturated heterocycles. The number of amides is 2. The third-order valence-electron chi connectivity index (χ3n) is 7.33. The molecule has 0 unspecified atom stereocenters. The molecule has 180 valence electrons. The minimum absolute atomic E-state index is 0.0786. The monoisotopic (exact) mass is 467 g/mol. The molecule has 0 saturated carbocycles. The number of nitrogens with zero attached hydrogens (tertiary/aromatic N) is 2. The number of nitrogens with one attached hydrogen (secondary N) is 1. The molecule has 0 spiro atoms. The van der Waals surface area contributed by atoms with E-state index >= 15 is 0 Å². The first kappa shape index (κ1) is 23.3. The lowest BCUT2D eigenvalue weighted by Gasteiger charge is -2.32. The Labute approximate surface area is 207 Å². The van der Waals surface area contributed by atoms with Crippen LogP contribution >= 0.6 is 0 Å². The average Bonchev–Trinajstić information content (AvgIpc) is 3.22. The quantitative estimate of drug-likeness (QED) is 0.532. The van der Waals surface area contributed by atoms with Gasteiger partial charge in [0.1, 0.15) is 6.04 Å². The smallest absolute Gasteiger partial charge is 0.255 e. The Balaban J connectivity index is 1.16. The van der Waals surface area contributed by atoms with Gasteiger partial charge in [0.2, 0.25) is 5.91 Å². The molecule has 1 N–H and O–H groups in total. The zero-order chi connectivity index (χ0) is 24.0. The van der Waals surface area contributed by atoms with E-state index < -0.39 is 6.04 Å². The lowest BCUT2D eigenvalue weighted by molar-refractivity contribution is -0.126. The van der Waals surface area contributed by atoms with Crippen molar-refractivity contribution in [1.29, 1.82) is 0 Å². The van der Waals surface area contributed by atoms with E-state index in [0.29, 0.717) is 18.7 Å². The lowest BCUT2D eigenvalue weighted by Crippen LogP contribution is -2.44. The van der Waals surface area contributed by atoms with E-state index in [4.69, 9.17) is 0 Å². The highest BCUT2D eigenvalue weighted by Gasteiger charge is 2.37. The summed E-state index contributed by atoms with van der Waals surface area (Å²) in [5.41, 5.74) is 3.93. The predicted octanol–water partition coefficient (Wildman–Crippen LogP) is 4.45. The molecule has 35 heavy (non-hydrogen) atoms. The zero-order valence-corrected chi connectivity index (χ0v) is 20.1. The maximum absolute atomic E-state index is 13.4. The van der Waals surface area contributed by atoms with Gasteiger partial charge in [-0.1, -0.05) is 78.9 Å². The number of hydrogen-bond donors (Lipinski definition) is 1. The Morgan fingerprint density at radius 3 is 2.26 bits per heavy atom. The number of likely N-dealkylation sites (tertiary alicyclic amines) is 1. The second kappa shape index (κ2) is 10.9. The number of rotatable bonds is 8. The van der Waals surface area contributed by atoms with E-state index in [1.54, 1.807) is 4.90 Å². The number of fused-ring (bicyclic) bond motifs is 1. The van der Waals surface area contributed by atoms with E-state index in [2.05, 4.69) is 40.5 Å². The van der Waals surface area contributed by atoms with Gasteiger partial charge < -0.3 is 15.1 Å². The van der Waals surface area contributed by atoms with Gasteiger partial charge in [0, 0.05) is 25.2 Å². The van der Waals surface area contributed by atoms with Crippen molar-refractivity contribution in [3.8, 4) is 0 Å². The van der Waals surface area contributed by atoms with E-state index in [9.17, 15) is 9.59 Å². The first-order chi connectivity index (χ1) is 17.2. The van der Waals surface area contributed by atoms with Crippen molar-refractivity contribution in [3.63, 3.8) is 0 Å². The summed E-state index contributed by atoms with van der Waals surface area (Å²) in [6.45, 7) is 4.00. The molecule has 0 bridgehead atoms. The Morgan fingerprint density at radius 1 is 0.886 bits per heavy atom. The highest BCUT2D eigenvalue weighted by molar-refractivity contribution is 6.01. The van der Waals surface area contributed by atoms with Crippen LogP contribution in [-0.2, 0) is 17.8 Å². The number of hydrogen-bond acceptors (Lipinski definition) is 3. The molecule has 2 aliphatic rings. The normalized spacial score (nSPS) is 17.3. The van der Waals surface area contributed by atoms with Crippen LogP contribution in [0.15, 0.2) is 84.9 Å². The largest absolute Gasteiger partial charge is 0.353 e. The molecule has 1 atom stereocenters. The van der Waals surface area contributed by atoms with Crippen molar-refractivity contribution in [2.45, 2.75) is 31.8 Å². The summed E-state index contributed by atoms with van der Waals surface area (Å²) in [6, 6.07) is 27.4. The van der Waals surface area contributed by atoms with Crippen LogP contribution in [0.2, 0.25) is 0 Å². The molecule has 2 amide bonds. The third kappa shape index (κ3) is 5.46. The minimum atomic E-state index is -0.632. The number of carbonyl (C=O) groups excluding carboxylic acids is 2. The van der Waals surface area contributed by atoms with E-state index in [1.807, 2.05) is 54.6 Å². The summed E-state index contributed by atoms with van der Waals surface area (Å²) in [5, 5.41) is 3.13. The van der Waals surface area contributed by atoms with Crippen LogP contribution in [0.4, 0.5) is 0 Å². The molecule has 2 heterocycles. The van der Waals surface area contributed by atoms with Gasteiger partial charge in [-0.25, -0.2) is 0 Å². The fourth-order valence-electron chi connectivity index (χ4n) is 5.39. The number of piperidine rings is 1. The minimum Gasteiger partial charge on any atom is -0.353 e. The first-order valence-electron chi connectivity index (χ1n) is 12.7. The predicted molar refractivity (Wildman–Crippen MR) is 138 cm³/mol. The van der Waals surface area contributed by atoms with Crippen LogP contribution in [0.5, 0.6) is 0 Å². The summed E-state index contributed by atoms with van der Waals surface area (Å²) in [5.74, 6) is 0.537. The van der Waals surface area contributed by atoms with Gasteiger partial charge in [0.05, 0.1) is 0 Å². The first-order valence-corrected chi connectivity index (χ1v) is 12.7. The highest BCUT2D eigenvalue weighted by Crippen LogP contribution is 2.31. The zero-order valence-electron chi connectivity index (χ0n) is 20.1. The van der Waals surface area contributed by atoms with Gasteiger partial charge >= 0.3 is 0 Å². The molecular formula is C30H33N3O2. The molecule has 3 aromatic carbocycles. The van der Waals surface area contributed by atoms with Crippen LogP contribution in [0, 0.1) is 5.92 Å². The molecule has 0 aromatic heterocycles. The van der Waals surface area contributed by atoms with Gasteiger partial charge in [-0.15, -0.1) is 0 Å². The van der Waals surface area contributed by atoms with Crippen molar-refractivity contribution in [1.82, 2.24) is 15.1 Å². The summed E-state index contributed by atoms with van der Waals surface area (Å²) in [6.07, 6.45) is 3.53. The summed E-state index contributed by atoms with van der Waals surface area (Å²) < 4.78 is 0. The second-order valence-corrected chi connectivity index (χ2v) is 9.67.